The van der Waals surface area contributed by atoms with Gasteiger partial charge in [0.1, 0.15) is 0 Å². The Kier molecular flexibility index (Phi) is 4.89. The van der Waals surface area contributed by atoms with Gasteiger partial charge >= 0.3 is 0 Å². The molecule has 0 bridgehead atoms. The van der Waals surface area contributed by atoms with E-state index in [4.69, 9.17) is 0 Å². The maximum atomic E-state index is 11.4. The van der Waals surface area contributed by atoms with Crippen LogP contribution in [-0.2, 0) is 5.75 Å². The first kappa shape index (κ1) is 12.3. The summed E-state index contributed by atoms with van der Waals surface area (Å²) < 4.78 is 0. The zero-order valence-corrected chi connectivity index (χ0v) is 10.4. The van der Waals surface area contributed by atoms with Crippen molar-refractivity contribution in [1.82, 2.24) is 0 Å². The summed E-state index contributed by atoms with van der Waals surface area (Å²) in [6.07, 6.45) is 1.17. The third kappa shape index (κ3) is 3.71. The van der Waals surface area contributed by atoms with Crippen molar-refractivity contribution in [3.63, 3.8) is 0 Å². The van der Waals surface area contributed by atoms with Crippen LogP contribution in [0.1, 0.15) is 43.1 Å². The van der Waals surface area contributed by atoms with Crippen LogP contribution in [0.3, 0.4) is 0 Å². The van der Waals surface area contributed by atoms with E-state index >= 15 is 0 Å². The highest BCUT2D eigenvalue weighted by molar-refractivity contribution is 7.99. The fraction of sp³-hybridized carbons (Fsp3) is 0.462. The highest BCUT2D eigenvalue weighted by Gasteiger charge is 2.07. The molecule has 0 aromatic heterocycles. The third-order valence-corrected chi connectivity index (χ3v) is 3.87. The van der Waals surface area contributed by atoms with E-state index in [1.807, 2.05) is 36.0 Å². The molecular weight excluding hydrogens is 204 g/mol. The minimum absolute atomic E-state index is 0.162. The van der Waals surface area contributed by atoms with E-state index in [0.29, 0.717) is 5.25 Å². The topological polar surface area (TPSA) is 17.1 Å². The second-order valence-corrected chi connectivity index (χ2v) is 5.17. The summed E-state index contributed by atoms with van der Waals surface area (Å²) in [4.78, 5) is 11.4. The fourth-order valence-electron chi connectivity index (χ4n) is 1.34. The van der Waals surface area contributed by atoms with Gasteiger partial charge in [-0.3, -0.25) is 4.79 Å². The van der Waals surface area contributed by atoms with Gasteiger partial charge in [-0.2, -0.15) is 11.8 Å². The molecule has 0 saturated heterocycles. The summed E-state index contributed by atoms with van der Waals surface area (Å²) in [5, 5.41) is 0.657. The number of thioether (sulfide) groups is 1. The normalized spacial score (nSPS) is 12.5. The van der Waals surface area contributed by atoms with Crippen molar-refractivity contribution in [3.8, 4) is 0 Å². The molecule has 1 aromatic rings. The molecule has 0 amide bonds. The Balaban J connectivity index is 2.72. The Hall–Kier alpha value is -0.760. The molecule has 1 aromatic carbocycles. The van der Waals surface area contributed by atoms with E-state index in [1.165, 1.54) is 6.42 Å². The van der Waals surface area contributed by atoms with Gasteiger partial charge in [-0.05, 0) is 18.9 Å². The van der Waals surface area contributed by atoms with Gasteiger partial charge < -0.3 is 0 Å². The fourth-order valence-corrected chi connectivity index (χ4v) is 2.29. The minimum Gasteiger partial charge on any atom is -0.295 e. The van der Waals surface area contributed by atoms with Crippen LogP contribution in [0.2, 0.25) is 0 Å². The molecule has 2 heteroatoms. The molecule has 0 aliphatic carbocycles. The summed E-state index contributed by atoms with van der Waals surface area (Å²) in [5.74, 6) is 1.10. The van der Waals surface area contributed by atoms with Gasteiger partial charge in [0.15, 0.2) is 5.78 Å². The highest BCUT2D eigenvalue weighted by atomic mass is 32.2. The van der Waals surface area contributed by atoms with E-state index in [9.17, 15) is 4.79 Å². The first-order valence-electron chi connectivity index (χ1n) is 5.35. The Labute approximate surface area is 96.3 Å². The van der Waals surface area contributed by atoms with Crippen molar-refractivity contribution in [1.29, 1.82) is 0 Å². The molecule has 15 heavy (non-hydrogen) atoms. The minimum atomic E-state index is 0.162. The van der Waals surface area contributed by atoms with Crippen LogP contribution in [-0.4, -0.2) is 11.0 Å². The Morgan fingerprint density at radius 2 is 2.07 bits per heavy atom. The lowest BCUT2D eigenvalue weighted by Gasteiger charge is -2.10. The number of hydrogen-bond acceptors (Lipinski definition) is 2. The molecule has 1 atom stereocenters. The monoisotopic (exact) mass is 222 g/mol. The summed E-state index contributed by atoms with van der Waals surface area (Å²) >= 11 is 1.91. The molecule has 1 rings (SSSR count). The van der Waals surface area contributed by atoms with Gasteiger partial charge in [0, 0.05) is 16.6 Å². The van der Waals surface area contributed by atoms with Crippen LogP contribution in [0.25, 0.3) is 0 Å². The summed E-state index contributed by atoms with van der Waals surface area (Å²) in [7, 11) is 0. The lowest BCUT2D eigenvalue weighted by molar-refractivity contribution is 0.101. The molecule has 0 N–H and O–H groups in total. The molecule has 1 nitrogen and oxygen atoms in total. The molecule has 0 aliphatic heterocycles. The van der Waals surface area contributed by atoms with Crippen LogP contribution >= 0.6 is 11.8 Å². The zero-order valence-electron chi connectivity index (χ0n) is 9.62. The molecule has 0 aliphatic rings. The summed E-state index contributed by atoms with van der Waals surface area (Å²) in [6.45, 7) is 6.04. The van der Waals surface area contributed by atoms with E-state index in [2.05, 4.69) is 13.8 Å². The lowest BCUT2D eigenvalue weighted by atomic mass is 10.1. The standard InChI is InChI=1S/C13H18OS/c1-4-10(2)15-9-12-7-5-6-8-13(12)11(3)14/h5-8,10H,4,9H2,1-3H3/t10-/m1/s1. The van der Waals surface area contributed by atoms with Gasteiger partial charge in [0.25, 0.3) is 0 Å². The number of ketones is 1. The van der Waals surface area contributed by atoms with E-state index in [1.54, 1.807) is 6.92 Å². The van der Waals surface area contributed by atoms with E-state index < -0.39 is 0 Å². The molecule has 0 heterocycles. The summed E-state index contributed by atoms with van der Waals surface area (Å²) in [6, 6.07) is 7.88. The SMILES string of the molecule is CC[C@@H](C)SCc1ccccc1C(C)=O. The van der Waals surface area contributed by atoms with E-state index in [0.717, 1.165) is 16.9 Å². The van der Waals surface area contributed by atoms with Gasteiger partial charge in [-0.15, -0.1) is 0 Å². The maximum absolute atomic E-state index is 11.4. The van der Waals surface area contributed by atoms with Crippen LogP contribution < -0.4 is 0 Å². The average Bonchev–Trinajstić information content (AvgIpc) is 2.26. The third-order valence-electron chi connectivity index (χ3n) is 2.49. The van der Waals surface area contributed by atoms with Crippen molar-refractivity contribution in [2.24, 2.45) is 0 Å². The number of carbonyl (C=O) groups excluding carboxylic acids is 1. The number of hydrogen-bond donors (Lipinski definition) is 0. The molecule has 0 spiro atoms. The van der Waals surface area contributed by atoms with Crippen LogP contribution in [0.4, 0.5) is 0 Å². The molecular formula is C13H18OS. The zero-order chi connectivity index (χ0) is 11.3. The van der Waals surface area contributed by atoms with Crippen molar-refractivity contribution in [2.45, 2.75) is 38.2 Å². The van der Waals surface area contributed by atoms with Crippen LogP contribution in [0, 0.1) is 0 Å². The first-order chi connectivity index (χ1) is 7.15. The molecule has 0 radical (unpaired) electrons. The Bertz CT molecular complexity index is 333. The van der Waals surface area contributed by atoms with Crippen molar-refractivity contribution in [2.75, 3.05) is 0 Å². The number of rotatable bonds is 5. The predicted molar refractivity (Wildman–Crippen MR) is 67.5 cm³/mol. The number of carbonyl (C=O) groups is 1. The highest BCUT2D eigenvalue weighted by Crippen LogP contribution is 2.22. The summed E-state index contributed by atoms with van der Waals surface area (Å²) in [5.41, 5.74) is 2.03. The Morgan fingerprint density at radius 3 is 2.67 bits per heavy atom. The predicted octanol–water partition coefficient (Wildman–Crippen LogP) is 3.92. The lowest BCUT2D eigenvalue weighted by Crippen LogP contribution is -2.00. The van der Waals surface area contributed by atoms with Crippen LogP contribution in [0.5, 0.6) is 0 Å². The largest absolute Gasteiger partial charge is 0.295 e. The van der Waals surface area contributed by atoms with Gasteiger partial charge in [0.2, 0.25) is 0 Å². The molecule has 0 saturated carbocycles. The molecule has 0 fully saturated rings. The van der Waals surface area contributed by atoms with Gasteiger partial charge in [0.05, 0.1) is 0 Å². The second kappa shape index (κ2) is 5.96. The smallest absolute Gasteiger partial charge is 0.160 e. The maximum Gasteiger partial charge on any atom is 0.160 e. The van der Waals surface area contributed by atoms with Gasteiger partial charge in [-0.1, -0.05) is 38.1 Å². The average molecular weight is 222 g/mol. The van der Waals surface area contributed by atoms with Crippen LogP contribution in [0.15, 0.2) is 24.3 Å². The number of benzene rings is 1. The molecule has 82 valence electrons. The van der Waals surface area contributed by atoms with E-state index in [-0.39, 0.29) is 5.78 Å². The number of Topliss-reactive ketones (excluding diaryl/α,β-unsaturated/α-hetero) is 1. The van der Waals surface area contributed by atoms with Crippen molar-refractivity contribution < 1.29 is 4.79 Å². The molecule has 0 unspecified atom stereocenters. The Morgan fingerprint density at radius 1 is 1.40 bits per heavy atom. The quantitative estimate of drug-likeness (QED) is 0.702. The second-order valence-electron chi connectivity index (χ2n) is 3.74. The first-order valence-corrected chi connectivity index (χ1v) is 6.40. The van der Waals surface area contributed by atoms with Crippen molar-refractivity contribution in [3.05, 3.63) is 35.4 Å². The van der Waals surface area contributed by atoms with Gasteiger partial charge in [-0.25, -0.2) is 0 Å². The van der Waals surface area contributed by atoms with Crippen molar-refractivity contribution >= 4 is 17.5 Å².